The van der Waals surface area contributed by atoms with Gasteiger partial charge < -0.3 is 10.1 Å². The van der Waals surface area contributed by atoms with Crippen molar-refractivity contribution in [1.29, 1.82) is 0 Å². The minimum Gasteiger partial charge on any atom is -0.448 e. The SMILES string of the molecule is Cc1nn(C)c(C)c1NC(=O)[C@H](C)OC(=O)c1csc(-c2cccs2)n1. The molecule has 3 aromatic heterocycles. The second kappa shape index (κ2) is 7.38. The van der Waals surface area contributed by atoms with E-state index in [4.69, 9.17) is 4.74 Å². The first-order valence-electron chi connectivity index (χ1n) is 7.88. The summed E-state index contributed by atoms with van der Waals surface area (Å²) in [5.74, 6) is -1.03. The van der Waals surface area contributed by atoms with Crippen LogP contribution in [0.2, 0.25) is 0 Å². The summed E-state index contributed by atoms with van der Waals surface area (Å²) in [5.41, 5.74) is 2.37. The van der Waals surface area contributed by atoms with Gasteiger partial charge in [-0.2, -0.15) is 5.10 Å². The quantitative estimate of drug-likeness (QED) is 0.675. The van der Waals surface area contributed by atoms with Crippen LogP contribution in [0.15, 0.2) is 22.9 Å². The number of nitrogens with zero attached hydrogens (tertiary/aromatic N) is 3. The van der Waals surface area contributed by atoms with Gasteiger partial charge in [0.25, 0.3) is 5.91 Å². The molecule has 26 heavy (non-hydrogen) atoms. The fourth-order valence-corrected chi connectivity index (χ4v) is 3.94. The van der Waals surface area contributed by atoms with E-state index in [1.165, 1.54) is 18.3 Å². The number of esters is 1. The van der Waals surface area contributed by atoms with Crippen LogP contribution in [0.3, 0.4) is 0 Å². The Hall–Kier alpha value is -2.52. The van der Waals surface area contributed by atoms with E-state index in [1.807, 2.05) is 24.4 Å². The molecule has 0 saturated heterocycles. The lowest BCUT2D eigenvalue weighted by atomic mass is 10.3. The molecule has 0 fully saturated rings. The Bertz CT molecular complexity index is 944. The summed E-state index contributed by atoms with van der Waals surface area (Å²) in [6, 6.07) is 3.86. The van der Waals surface area contributed by atoms with Gasteiger partial charge in [-0.3, -0.25) is 9.48 Å². The fourth-order valence-electron chi connectivity index (χ4n) is 2.33. The van der Waals surface area contributed by atoms with E-state index in [-0.39, 0.29) is 5.69 Å². The number of amides is 1. The van der Waals surface area contributed by atoms with Crippen LogP contribution in [0.5, 0.6) is 0 Å². The molecule has 3 heterocycles. The number of aromatic nitrogens is 3. The number of anilines is 1. The highest BCUT2D eigenvalue weighted by Gasteiger charge is 2.23. The third-order valence-electron chi connectivity index (χ3n) is 3.86. The smallest absolute Gasteiger partial charge is 0.358 e. The lowest BCUT2D eigenvalue weighted by Gasteiger charge is -2.13. The molecule has 0 aliphatic rings. The average molecular weight is 390 g/mol. The molecule has 1 amide bonds. The highest BCUT2D eigenvalue weighted by Crippen LogP contribution is 2.28. The number of carbonyl (C=O) groups is 2. The summed E-state index contributed by atoms with van der Waals surface area (Å²) in [7, 11) is 1.80. The minimum absolute atomic E-state index is 0.201. The normalized spacial score (nSPS) is 12.0. The van der Waals surface area contributed by atoms with Crippen LogP contribution >= 0.6 is 22.7 Å². The van der Waals surface area contributed by atoms with E-state index in [0.29, 0.717) is 11.4 Å². The number of hydrogen-bond donors (Lipinski definition) is 1. The summed E-state index contributed by atoms with van der Waals surface area (Å²) in [5, 5.41) is 11.4. The Morgan fingerprint density at radius 3 is 2.69 bits per heavy atom. The third-order valence-corrected chi connectivity index (χ3v) is 5.74. The van der Waals surface area contributed by atoms with Gasteiger partial charge in [-0.05, 0) is 32.2 Å². The monoisotopic (exact) mass is 390 g/mol. The van der Waals surface area contributed by atoms with Crippen molar-refractivity contribution in [3.05, 3.63) is 40.0 Å². The molecular formula is C17H18N4O3S2. The number of ether oxygens (including phenoxy) is 1. The highest BCUT2D eigenvalue weighted by atomic mass is 32.1. The molecule has 0 aromatic carbocycles. The molecule has 0 bridgehead atoms. The summed E-state index contributed by atoms with van der Waals surface area (Å²) in [4.78, 5) is 29.9. The van der Waals surface area contributed by atoms with E-state index in [2.05, 4.69) is 15.4 Å². The standard InChI is InChI=1S/C17H18N4O3S2/c1-9-14(10(2)21(4)20-9)19-15(22)11(3)24-17(23)12-8-26-16(18-12)13-6-5-7-25-13/h5-8,11H,1-4H3,(H,19,22)/t11-/m0/s1. The Kier molecular flexibility index (Phi) is 5.19. The van der Waals surface area contributed by atoms with Crippen LogP contribution in [-0.2, 0) is 16.6 Å². The summed E-state index contributed by atoms with van der Waals surface area (Å²) < 4.78 is 6.94. The zero-order valence-electron chi connectivity index (χ0n) is 14.8. The van der Waals surface area contributed by atoms with Gasteiger partial charge in [-0.15, -0.1) is 22.7 Å². The molecule has 1 N–H and O–H groups in total. The van der Waals surface area contributed by atoms with Gasteiger partial charge in [-0.1, -0.05) is 6.07 Å². The molecule has 7 nitrogen and oxygen atoms in total. The topological polar surface area (TPSA) is 86.1 Å². The summed E-state index contributed by atoms with van der Waals surface area (Å²) in [6.45, 7) is 5.19. The zero-order valence-corrected chi connectivity index (χ0v) is 16.4. The fraction of sp³-hybridized carbons (Fsp3) is 0.294. The maximum absolute atomic E-state index is 12.3. The number of carbonyl (C=O) groups excluding carboxylic acids is 2. The molecule has 0 unspecified atom stereocenters. The van der Waals surface area contributed by atoms with Gasteiger partial charge in [0, 0.05) is 12.4 Å². The molecule has 0 aliphatic carbocycles. The largest absolute Gasteiger partial charge is 0.448 e. The van der Waals surface area contributed by atoms with Crippen LogP contribution < -0.4 is 5.32 Å². The molecule has 0 aliphatic heterocycles. The maximum atomic E-state index is 12.3. The molecule has 1 atom stereocenters. The van der Waals surface area contributed by atoms with Crippen molar-refractivity contribution in [2.45, 2.75) is 26.9 Å². The van der Waals surface area contributed by atoms with Crippen molar-refractivity contribution in [2.75, 3.05) is 5.32 Å². The zero-order chi connectivity index (χ0) is 18.8. The predicted molar refractivity (Wildman–Crippen MR) is 102 cm³/mol. The first-order valence-corrected chi connectivity index (χ1v) is 9.64. The number of hydrogen-bond acceptors (Lipinski definition) is 7. The van der Waals surface area contributed by atoms with Crippen molar-refractivity contribution in [2.24, 2.45) is 7.05 Å². The molecule has 3 aromatic rings. The Morgan fingerprint density at radius 2 is 2.08 bits per heavy atom. The van der Waals surface area contributed by atoms with Gasteiger partial charge in [0.2, 0.25) is 0 Å². The Balaban J connectivity index is 1.64. The van der Waals surface area contributed by atoms with Crippen molar-refractivity contribution in [3.8, 4) is 9.88 Å². The number of rotatable bonds is 5. The van der Waals surface area contributed by atoms with Crippen LogP contribution in [-0.4, -0.2) is 32.7 Å². The van der Waals surface area contributed by atoms with Crippen molar-refractivity contribution in [3.63, 3.8) is 0 Å². The van der Waals surface area contributed by atoms with Gasteiger partial charge >= 0.3 is 5.97 Å². The molecule has 0 spiro atoms. The summed E-state index contributed by atoms with van der Waals surface area (Å²) in [6.07, 6.45) is -0.951. The number of nitrogens with one attached hydrogen (secondary N) is 1. The summed E-state index contributed by atoms with van der Waals surface area (Å²) >= 11 is 2.92. The Morgan fingerprint density at radius 1 is 1.31 bits per heavy atom. The molecule has 3 rings (SSSR count). The van der Waals surface area contributed by atoms with Gasteiger partial charge in [0.15, 0.2) is 11.8 Å². The number of thiophene rings is 1. The van der Waals surface area contributed by atoms with Crippen LogP contribution in [0.1, 0.15) is 28.8 Å². The lowest BCUT2D eigenvalue weighted by Crippen LogP contribution is -2.30. The molecule has 0 radical (unpaired) electrons. The van der Waals surface area contributed by atoms with E-state index in [0.717, 1.165) is 15.6 Å². The second-order valence-electron chi connectivity index (χ2n) is 5.72. The number of aryl methyl sites for hydroxylation is 2. The van der Waals surface area contributed by atoms with E-state index in [9.17, 15) is 9.59 Å². The lowest BCUT2D eigenvalue weighted by molar-refractivity contribution is -0.123. The maximum Gasteiger partial charge on any atom is 0.358 e. The average Bonchev–Trinajstić information content (AvgIpc) is 3.32. The molecule has 0 saturated carbocycles. The molecular weight excluding hydrogens is 372 g/mol. The molecule has 9 heteroatoms. The van der Waals surface area contributed by atoms with E-state index in [1.54, 1.807) is 35.4 Å². The Labute approximate surface area is 158 Å². The van der Waals surface area contributed by atoms with Gasteiger partial charge in [0.1, 0.15) is 5.01 Å². The first kappa shape index (κ1) is 18.3. The highest BCUT2D eigenvalue weighted by molar-refractivity contribution is 7.20. The van der Waals surface area contributed by atoms with Crippen molar-refractivity contribution < 1.29 is 14.3 Å². The third kappa shape index (κ3) is 3.68. The predicted octanol–water partition coefficient (Wildman–Crippen LogP) is 3.41. The second-order valence-corrected chi connectivity index (χ2v) is 7.53. The van der Waals surface area contributed by atoms with Crippen molar-refractivity contribution in [1.82, 2.24) is 14.8 Å². The van der Waals surface area contributed by atoms with E-state index >= 15 is 0 Å². The van der Waals surface area contributed by atoms with Crippen LogP contribution in [0.4, 0.5) is 5.69 Å². The molecule has 136 valence electrons. The van der Waals surface area contributed by atoms with Crippen molar-refractivity contribution >= 4 is 40.2 Å². The van der Waals surface area contributed by atoms with Crippen LogP contribution in [0, 0.1) is 13.8 Å². The first-order chi connectivity index (χ1) is 12.4. The van der Waals surface area contributed by atoms with E-state index < -0.39 is 18.0 Å². The van der Waals surface area contributed by atoms with Gasteiger partial charge in [-0.25, -0.2) is 9.78 Å². The van der Waals surface area contributed by atoms with Crippen LogP contribution in [0.25, 0.3) is 9.88 Å². The van der Waals surface area contributed by atoms with Gasteiger partial charge in [0.05, 0.1) is 22.0 Å². The number of thiazole rings is 1. The minimum atomic E-state index is -0.951.